The molecule has 1 aromatic rings. The zero-order chi connectivity index (χ0) is 12.4. The lowest BCUT2D eigenvalue weighted by atomic mass is 10.3. The smallest absolute Gasteiger partial charge is 0.126 e. The van der Waals surface area contributed by atoms with Gasteiger partial charge in [0.2, 0.25) is 0 Å². The summed E-state index contributed by atoms with van der Waals surface area (Å²) in [5.74, 6) is 0.674. The highest BCUT2D eigenvalue weighted by atomic mass is 35.5. The normalized spacial score (nSPS) is 15.6. The molecule has 1 nitrogen and oxygen atoms in total. The minimum Gasteiger partial charge on any atom is -0.464 e. The Bertz CT molecular complexity index is 503. The molecule has 1 aliphatic carbocycles. The summed E-state index contributed by atoms with van der Waals surface area (Å²) in [6.07, 6.45) is 1.43. The molecule has 0 heterocycles. The monoisotopic (exact) mass is 306 g/mol. The largest absolute Gasteiger partial charge is 0.464 e. The van der Waals surface area contributed by atoms with Crippen molar-refractivity contribution in [3.63, 3.8) is 0 Å². The number of benzene rings is 1. The molecule has 0 amide bonds. The molecule has 0 saturated heterocycles. The summed E-state index contributed by atoms with van der Waals surface area (Å²) in [6, 6.07) is 9.23. The van der Waals surface area contributed by atoms with E-state index >= 15 is 0 Å². The predicted octanol–water partition coefficient (Wildman–Crippen LogP) is 5.34. The van der Waals surface area contributed by atoms with E-state index in [4.69, 9.17) is 51.1 Å². The second kappa shape index (κ2) is 5.36. The Kier molecular flexibility index (Phi) is 4.05. The van der Waals surface area contributed by atoms with Gasteiger partial charge in [-0.25, -0.2) is 0 Å². The van der Waals surface area contributed by atoms with E-state index in [0.29, 0.717) is 11.3 Å². The SMILES string of the molecule is ClC1=C(Cl)C(Cl)=C(Cl)C1=COc1ccccc1. The Morgan fingerprint density at radius 3 is 1.82 bits per heavy atom. The number of rotatable bonds is 2. The van der Waals surface area contributed by atoms with Gasteiger partial charge < -0.3 is 4.74 Å². The van der Waals surface area contributed by atoms with E-state index in [1.807, 2.05) is 30.3 Å². The van der Waals surface area contributed by atoms with Gasteiger partial charge in [-0.1, -0.05) is 64.6 Å². The quantitative estimate of drug-likeness (QED) is 0.670. The van der Waals surface area contributed by atoms with E-state index in [0.717, 1.165) is 0 Å². The third-order valence-corrected chi connectivity index (χ3v) is 3.94. The lowest BCUT2D eigenvalue weighted by Gasteiger charge is -2.02. The molecule has 1 aliphatic rings. The Balaban J connectivity index is 2.25. The molecule has 2 rings (SSSR count). The fraction of sp³-hybridized carbons (Fsp3) is 0. The first kappa shape index (κ1) is 12.8. The predicted molar refractivity (Wildman–Crippen MR) is 72.6 cm³/mol. The van der Waals surface area contributed by atoms with Crippen LogP contribution >= 0.6 is 46.4 Å². The second-order valence-corrected chi connectivity index (χ2v) is 4.73. The van der Waals surface area contributed by atoms with Crippen LogP contribution in [0.2, 0.25) is 0 Å². The van der Waals surface area contributed by atoms with Gasteiger partial charge in [-0.2, -0.15) is 0 Å². The van der Waals surface area contributed by atoms with Crippen LogP contribution in [0.4, 0.5) is 0 Å². The number of hydrogen-bond acceptors (Lipinski definition) is 1. The maximum absolute atomic E-state index is 5.97. The maximum atomic E-state index is 5.97. The fourth-order valence-electron chi connectivity index (χ4n) is 1.26. The van der Waals surface area contributed by atoms with Crippen molar-refractivity contribution in [2.24, 2.45) is 0 Å². The third kappa shape index (κ3) is 2.63. The molecule has 0 radical (unpaired) electrons. The molecule has 5 heteroatoms. The minimum absolute atomic E-state index is 0.237. The summed E-state index contributed by atoms with van der Waals surface area (Å²) >= 11 is 23.7. The first-order valence-corrected chi connectivity index (χ1v) is 6.16. The number of allylic oxidation sites excluding steroid dienone is 5. The standard InChI is InChI=1S/C12H6Cl4O/c13-9-8(10(14)12(16)11(9)15)6-17-7-4-2-1-3-5-7/h1-6H. The molecule has 0 bridgehead atoms. The van der Waals surface area contributed by atoms with Crippen LogP contribution in [0.3, 0.4) is 0 Å². The Labute approximate surface area is 119 Å². The van der Waals surface area contributed by atoms with E-state index in [1.165, 1.54) is 6.26 Å². The average molecular weight is 308 g/mol. The summed E-state index contributed by atoms with van der Waals surface area (Å²) in [6.45, 7) is 0. The minimum atomic E-state index is 0.237. The van der Waals surface area contributed by atoms with Gasteiger partial charge >= 0.3 is 0 Å². The van der Waals surface area contributed by atoms with Crippen molar-refractivity contribution in [3.8, 4) is 5.75 Å². The van der Waals surface area contributed by atoms with Gasteiger partial charge in [0.25, 0.3) is 0 Å². The van der Waals surface area contributed by atoms with Crippen molar-refractivity contribution in [1.29, 1.82) is 0 Å². The van der Waals surface area contributed by atoms with Gasteiger partial charge in [0.15, 0.2) is 0 Å². The van der Waals surface area contributed by atoms with Crippen LogP contribution in [0.1, 0.15) is 0 Å². The van der Waals surface area contributed by atoms with Crippen LogP contribution < -0.4 is 4.74 Å². The first-order chi connectivity index (χ1) is 8.11. The lowest BCUT2D eigenvalue weighted by Crippen LogP contribution is -1.87. The zero-order valence-corrected chi connectivity index (χ0v) is 11.4. The zero-order valence-electron chi connectivity index (χ0n) is 8.38. The van der Waals surface area contributed by atoms with E-state index < -0.39 is 0 Å². The van der Waals surface area contributed by atoms with Crippen LogP contribution in [-0.4, -0.2) is 0 Å². The molecule has 0 atom stereocenters. The van der Waals surface area contributed by atoms with Crippen molar-refractivity contribution < 1.29 is 4.74 Å². The van der Waals surface area contributed by atoms with Crippen molar-refractivity contribution in [3.05, 3.63) is 62.3 Å². The van der Waals surface area contributed by atoms with Crippen LogP contribution in [0, 0.1) is 0 Å². The van der Waals surface area contributed by atoms with Gasteiger partial charge in [-0.05, 0) is 12.1 Å². The second-order valence-electron chi connectivity index (χ2n) is 3.22. The van der Waals surface area contributed by atoms with E-state index in [1.54, 1.807) is 0 Å². The van der Waals surface area contributed by atoms with Crippen molar-refractivity contribution in [1.82, 2.24) is 0 Å². The molecule has 0 saturated carbocycles. The van der Waals surface area contributed by atoms with Crippen LogP contribution in [0.5, 0.6) is 5.75 Å². The highest BCUT2D eigenvalue weighted by Crippen LogP contribution is 2.44. The fourth-order valence-corrected chi connectivity index (χ4v) is 2.26. The molecule has 17 heavy (non-hydrogen) atoms. The molecular formula is C12H6Cl4O. The average Bonchev–Trinajstić information content (AvgIpc) is 2.54. The number of ether oxygens (including phenoxy) is 1. The maximum Gasteiger partial charge on any atom is 0.126 e. The summed E-state index contributed by atoms with van der Waals surface area (Å²) in [5.41, 5.74) is 0.479. The van der Waals surface area contributed by atoms with Gasteiger partial charge in [0.1, 0.15) is 12.0 Å². The Morgan fingerprint density at radius 1 is 0.765 bits per heavy atom. The summed E-state index contributed by atoms with van der Waals surface area (Å²) in [5, 5.41) is 1.05. The van der Waals surface area contributed by atoms with E-state index in [9.17, 15) is 0 Å². The van der Waals surface area contributed by atoms with Crippen molar-refractivity contribution >= 4 is 46.4 Å². The molecule has 0 spiro atoms. The summed E-state index contributed by atoms with van der Waals surface area (Å²) in [7, 11) is 0. The molecule has 0 aliphatic heterocycles. The number of hydrogen-bond donors (Lipinski definition) is 0. The summed E-state index contributed by atoms with van der Waals surface area (Å²) in [4.78, 5) is 0. The van der Waals surface area contributed by atoms with Crippen molar-refractivity contribution in [2.45, 2.75) is 0 Å². The van der Waals surface area contributed by atoms with Gasteiger partial charge in [0.05, 0.1) is 25.7 Å². The molecule has 0 N–H and O–H groups in total. The molecule has 0 aromatic heterocycles. The van der Waals surface area contributed by atoms with Gasteiger partial charge in [-0.3, -0.25) is 0 Å². The lowest BCUT2D eigenvalue weighted by molar-refractivity contribution is 0.478. The molecule has 88 valence electrons. The van der Waals surface area contributed by atoms with Crippen molar-refractivity contribution in [2.75, 3.05) is 0 Å². The van der Waals surface area contributed by atoms with Gasteiger partial charge in [0, 0.05) is 0 Å². The number of para-hydroxylation sites is 1. The first-order valence-electron chi connectivity index (χ1n) is 4.65. The number of halogens is 4. The Hall–Kier alpha value is -0.600. The highest BCUT2D eigenvalue weighted by molar-refractivity contribution is 6.55. The molecular weight excluding hydrogens is 302 g/mol. The van der Waals surface area contributed by atoms with Crippen LogP contribution in [0.25, 0.3) is 0 Å². The highest BCUT2D eigenvalue weighted by Gasteiger charge is 2.25. The Morgan fingerprint density at radius 2 is 1.29 bits per heavy atom. The van der Waals surface area contributed by atoms with Crippen LogP contribution in [0.15, 0.2) is 62.3 Å². The molecule has 0 unspecified atom stereocenters. The molecule has 1 aromatic carbocycles. The van der Waals surface area contributed by atoms with E-state index in [2.05, 4.69) is 0 Å². The van der Waals surface area contributed by atoms with Crippen LogP contribution in [-0.2, 0) is 0 Å². The van der Waals surface area contributed by atoms with E-state index in [-0.39, 0.29) is 20.1 Å². The topological polar surface area (TPSA) is 9.23 Å². The van der Waals surface area contributed by atoms with Gasteiger partial charge in [-0.15, -0.1) is 0 Å². The summed E-state index contributed by atoms with van der Waals surface area (Å²) < 4.78 is 5.41. The third-order valence-electron chi connectivity index (χ3n) is 2.11. The molecule has 0 fully saturated rings.